The van der Waals surface area contributed by atoms with E-state index in [0.717, 1.165) is 5.56 Å². The molecule has 0 fully saturated rings. The molecule has 5 heteroatoms. The van der Waals surface area contributed by atoms with Crippen molar-refractivity contribution < 1.29 is 13.9 Å². The first-order valence-electron chi connectivity index (χ1n) is 7.70. The number of carbonyl (C=O) groups is 1. The Balaban J connectivity index is 1.83. The van der Waals surface area contributed by atoms with Crippen LogP contribution in [0.15, 0.2) is 63.8 Å². The molecule has 0 unspecified atom stereocenters. The SMILES string of the molecule is CCOc1ccc2cc(C(=O)NCc3ccccc3)c(=O)oc2c1. The summed E-state index contributed by atoms with van der Waals surface area (Å²) in [7, 11) is 0. The van der Waals surface area contributed by atoms with Crippen molar-refractivity contribution in [1.82, 2.24) is 5.32 Å². The van der Waals surface area contributed by atoms with Crippen molar-refractivity contribution in [3.05, 3.63) is 76.1 Å². The van der Waals surface area contributed by atoms with Gasteiger partial charge in [-0.15, -0.1) is 0 Å². The van der Waals surface area contributed by atoms with Gasteiger partial charge >= 0.3 is 5.63 Å². The van der Waals surface area contributed by atoms with Gasteiger partial charge in [-0.25, -0.2) is 4.79 Å². The molecule has 1 aromatic heterocycles. The van der Waals surface area contributed by atoms with Gasteiger partial charge in [0.25, 0.3) is 5.91 Å². The van der Waals surface area contributed by atoms with Gasteiger partial charge in [-0.3, -0.25) is 4.79 Å². The number of benzene rings is 2. The highest BCUT2D eigenvalue weighted by molar-refractivity contribution is 5.96. The van der Waals surface area contributed by atoms with Crippen LogP contribution in [0.4, 0.5) is 0 Å². The molecule has 0 bridgehead atoms. The second kappa shape index (κ2) is 7.00. The van der Waals surface area contributed by atoms with E-state index in [1.807, 2.05) is 37.3 Å². The lowest BCUT2D eigenvalue weighted by molar-refractivity contribution is 0.0947. The summed E-state index contributed by atoms with van der Waals surface area (Å²) >= 11 is 0. The van der Waals surface area contributed by atoms with Crippen LogP contribution < -0.4 is 15.7 Å². The van der Waals surface area contributed by atoms with Crippen LogP contribution in [0.25, 0.3) is 11.0 Å². The summed E-state index contributed by atoms with van der Waals surface area (Å²) in [6, 6.07) is 16.2. The van der Waals surface area contributed by atoms with E-state index in [1.54, 1.807) is 18.2 Å². The van der Waals surface area contributed by atoms with Gasteiger partial charge in [0.15, 0.2) is 0 Å². The summed E-state index contributed by atoms with van der Waals surface area (Å²) in [5, 5.41) is 3.40. The Kier molecular flexibility index (Phi) is 4.61. The number of rotatable bonds is 5. The molecular weight excluding hydrogens is 306 g/mol. The first kappa shape index (κ1) is 15.8. The van der Waals surface area contributed by atoms with E-state index in [0.29, 0.717) is 29.9 Å². The third-order valence-corrected chi connectivity index (χ3v) is 3.56. The molecule has 24 heavy (non-hydrogen) atoms. The zero-order valence-corrected chi connectivity index (χ0v) is 13.2. The standard InChI is InChI=1S/C19H17NO4/c1-2-23-15-9-8-14-10-16(19(22)24-17(14)11-15)18(21)20-12-13-6-4-3-5-7-13/h3-11H,2,12H2,1H3,(H,20,21). The van der Waals surface area contributed by atoms with Crippen LogP contribution >= 0.6 is 0 Å². The second-order valence-corrected chi connectivity index (χ2v) is 5.25. The zero-order chi connectivity index (χ0) is 16.9. The molecule has 0 aliphatic rings. The van der Waals surface area contributed by atoms with Crippen molar-refractivity contribution in [1.29, 1.82) is 0 Å². The van der Waals surface area contributed by atoms with Crippen LogP contribution in [0.2, 0.25) is 0 Å². The molecule has 0 spiro atoms. The van der Waals surface area contributed by atoms with Crippen LogP contribution in [0.5, 0.6) is 5.75 Å². The average Bonchev–Trinajstić information content (AvgIpc) is 2.60. The summed E-state index contributed by atoms with van der Waals surface area (Å²) < 4.78 is 10.6. The fraction of sp³-hybridized carbons (Fsp3) is 0.158. The van der Waals surface area contributed by atoms with E-state index >= 15 is 0 Å². The van der Waals surface area contributed by atoms with Gasteiger partial charge in [-0.05, 0) is 30.7 Å². The van der Waals surface area contributed by atoms with Crippen molar-refractivity contribution in [3.8, 4) is 5.75 Å². The van der Waals surface area contributed by atoms with Crippen LogP contribution in [0.3, 0.4) is 0 Å². The molecule has 0 aliphatic heterocycles. The van der Waals surface area contributed by atoms with E-state index in [2.05, 4.69) is 5.32 Å². The third kappa shape index (κ3) is 3.46. The summed E-state index contributed by atoms with van der Waals surface area (Å²) in [6.45, 7) is 2.75. The minimum absolute atomic E-state index is 0.0115. The van der Waals surface area contributed by atoms with Crippen molar-refractivity contribution in [2.24, 2.45) is 0 Å². The molecule has 3 aromatic rings. The minimum Gasteiger partial charge on any atom is -0.494 e. The second-order valence-electron chi connectivity index (χ2n) is 5.25. The van der Waals surface area contributed by atoms with Gasteiger partial charge in [-0.2, -0.15) is 0 Å². The van der Waals surface area contributed by atoms with E-state index in [-0.39, 0.29) is 5.56 Å². The van der Waals surface area contributed by atoms with Gasteiger partial charge < -0.3 is 14.5 Å². The number of ether oxygens (including phenoxy) is 1. The molecule has 0 saturated carbocycles. The number of amides is 1. The number of fused-ring (bicyclic) bond motifs is 1. The molecular formula is C19H17NO4. The molecule has 122 valence electrons. The van der Waals surface area contributed by atoms with Crippen LogP contribution in [-0.2, 0) is 6.54 Å². The van der Waals surface area contributed by atoms with Crippen molar-refractivity contribution in [2.75, 3.05) is 6.61 Å². The van der Waals surface area contributed by atoms with Gasteiger partial charge in [-0.1, -0.05) is 30.3 Å². The molecule has 1 N–H and O–H groups in total. The molecule has 0 radical (unpaired) electrons. The first-order chi connectivity index (χ1) is 11.7. The molecule has 1 amide bonds. The fourth-order valence-electron chi connectivity index (χ4n) is 2.38. The predicted molar refractivity (Wildman–Crippen MR) is 91.3 cm³/mol. The topological polar surface area (TPSA) is 68.5 Å². The first-order valence-corrected chi connectivity index (χ1v) is 7.70. The Morgan fingerprint density at radius 3 is 2.67 bits per heavy atom. The average molecular weight is 323 g/mol. The monoisotopic (exact) mass is 323 g/mol. The van der Waals surface area contributed by atoms with Gasteiger partial charge in [0, 0.05) is 18.0 Å². The Bertz CT molecular complexity index is 916. The molecule has 0 atom stereocenters. The van der Waals surface area contributed by atoms with Crippen molar-refractivity contribution >= 4 is 16.9 Å². The highest BCUT2D eigenvalue weighted by atomic mass is 16.5. The Morgan fingerprint density at radius 2 is 1.92 bits per heavy atom. The smallest absolute Gasteiger partial charge is 0.349 e. The quantitative estimate of drug-likeness (QED) is 0.733. The number of hydrogen-bond acceptors (Lipinski definition) is 4. The Morgan fingerprint density at radius 1 is 1.12 bits per heavy atom. The van der Waals surface area contributed by atoms with Gasteiger partial charge in [0.1, 0.15) is 16.9 Å². The molecule has 2 aromatic carbocycles. The lowest BCUT2D eigenvalue weighted by Crippen LogP contribution is -2.27. The molecule has 5 nitrogen and oxygen atoms in total. The largest absolute Gasteiger partial charge is 0.494 e. The maximum atomic E-state index is 12.3. The Labute approximate surface area is 138 Å². The molecule has 0 saturated heterocycles. The van der Waals surface area contributed by atoms with Crippen LogP contribution in [0.1, 0.15) is 22.8 Å². The molecule has 1 heterocycles. The predicted octanol–water partition coefficient (Wildman–Crippen LogP) is 3.12. The minimum atomic E-state index is -0.665. The van der Waals surface area contributed by atoms with Crippen LogP contribution in [0, 0.1) is 0 Å². The maximum absolute atomic E-state index is 12.3. The highest BCUT2D eigenvalue weighted by Gasteiger charge is 2.14. The summed E-state index contributed by atoms with van der Waals surface area (Å²) in [5.41, 5.74) is 0.673. The summed E-state index contributed by atoms with van der Waals surface area (Å²) in [5.74, 6) is 0.165. The summed E-state index contributed by atoms with van der Waals surface area (Å²) in [6.07, 6.45) is 0. The lowest BCUT2D eigenvalue weighted by atomic mass is 10.1. The normalized spacial score (nSPS) is 10.5. The Hall–Kier alpha value is -3.08. The lowest BCUT2D eigenvalue weighted by Gasteiger charge is -2.07. The highest BCUT2D eigenvalue weighted by Crippen LogP contribution is 2.20. The summed E-state index contributed by atoms with van der Waals surface area (Å²) in [4.78, 5) is 24.3. The number of carbonyl (C=O) groups excluding carboxylic acids is 1. The molecule has 3 rings (SSSR count). The fourth-order valence-corrected chi connectivity index (χ4v) is 2.38. The van der Waals surface area contributed by atoms with Crippen molar-refractivity contribution in [2.45, 2.75) is 13.5 Å². The van der Waals surface area contributed by atoms with Gasteiger partial charge in [0.05, 0.1) is 6.61 Å². The van der Waals surface area contributed by atoms with Crippen LogP contribution in [-0.4, -0.2) is 12.5 Å². The number of nitrogens with one attached hydrogen (secondary N) is 1. The van der Waals surface area contributed by atoms with Crippen molar-refractivity contribution in [3.63, 3.8) is 0 Å². The zero-order valence-electron chi connectivity index (χ0n) is 13.2. The van der Waals surface area contributed by atoms with E-state index in [9.17, 15) is 9.59 Å². The van der Waals surface area contributed by atoms with E-state index in [1.165, 1.54) is 6.07 Å². The van der Waals surface area contributed by atoms with E-state index in [4.69, 9.17) is 9.15 Å². The maximum Gasteiger partial charge on any atom is 0.349 e. The molecule has 0 aliphatic carbocycles. The van der Waals surface area contributed by atoms with Gasteiger partial charge in [0.2, 0.25) is 0 Å². The van der Waals surface area contributed by atoms with E-state index < -0.39 is 11.5 Å². The third-order valence-electron chi connectivity index (χ3n) is 3.56. The number of hydrogen-bond donors (Lipinski definition) is 1.